The molecule has 0 aliphatic rings. The molecule has 1 aromatic heterocycles. The van der Waals surface area contributed by atoms with Crippen molar-refractivity contribution in [2.75, 3.05) is 12.3 Å². The molecule has 0 saturated carbocycles. The van der Waals surface area contributed by atoms with Crippen LogP contribution in [0.4, 0.5) is 5.69 Å². The zero-order valence-electron chi connectivity index (χ0n) is 9.89. The van der Waals surface area contributed by atoms with E-state index in [0.717, 1.165) is 20.1 Å². The molecule has 1 aromatic carbocycles. The van der Waals surface area contributed by atoms with Crippen LogP contribution in [0.2, 0.25) is 0 Å². The summed E-state index contributed by atoms with van der Waals surface area (Å²) in [5.41, 5.74) is 6.73. The molecule has 0 radical (unpaired) electrons. The molecule has 2 rings (SSSR count). The lowest BCUT2D eigenvalue weighted by atomic mass is 10.3. The number of halogens is 1. The van der Waals surface area contributed by atoms with E-state index in [9.17, 15) is 0 Å². The number of benzene rings is 1. The number of rotatable bonds is 4. The van der Waals surface area contributed by atoms with Crippen molar-refractivity contribution in [3.8, 4) is 5.75 Å². The van der Waals surface area contributed by atoms with Crippen LogP contribution in [-0.2, 0) is 0 Å². The van der Waals surface area contributed by atoms with Gasteiger partial charge in [-0.15, -0.1) is 0 Å². The molecule has 0 unspecified atom stereocenters. The van der Waals surface area contributed by atoms with E-state index in [2.05, 4.69) is 20.9 Å². The number of hydrogen-bond acceptors (Lipinski definition) is 4. The van der Waals surface area contributed by atoms with Crippen molar-refractivity contribution >= 4 is 33.4 Å². The summed E-state index contributed by atoms with van der Waals surface area (Å²) in [6, 6.07) is 9.67. The number of pyridine rings is 1. The van der Waals surface area contributed by atoms with Gasteiger partial charge in [-0.3, -0.25) is 0 Å². The predicted molar refractivity (Wildman–Crippen MR) is 78.1 cm³/mol. The third-order valence-corrected chi connectivity index (χ3v) is 3.74. The molecule has 2 aromatic rings. The lowest BCUT2D eigenvalue weighted by Gasteiger charge is -2.10. The molecule has 94 valence electrons. The van der Waals surface area contributed by atoms with Crippen molar-refractivity contribution < 1.29 is 4.74 Å². The second-order valence-electron chi connectivity index (χ2n) is 3.52. The number of para-hydroxylation sites is 1. The number of aromatic nitrogens is 1. The summed E-state index contributed by atoms with van der Waals surface area (Å²) in [6.07, 6.45) is 1.77. The molecule has 0 fully saturated rings. The summed E-state index contributed by atoms with van der Waals surface area (Å²) in [5.74, 6) is 0.722. The molecular formula is C13H13BrN2OS. The van der Waals surface area contributed by atoms with Crippen molar-refractivity contribution in [2.45, 2.75) is 16.8 Å². The van der Waals surface area contributed by atoms with E-state index in [1.807, 2.05) is 37.3 Å². The molecule has 2 N–H and O–H groups in total. The van der Waals surface area contributed by atoms with Gasteiger partial charge in [0, 0.05) is 15.6 Å². The van der Waals surface area contributed by atoms with Gasteiger partial charge < -0.3 is 10.5 Å². The normalized spacial score (nSPS) is 10.3. The number of nitrogen functional groups attached to an aromatic ring is 1. The van der Waals surface area contributed by atoms with Crippen molar-refractivity contribution in [1.29, 1.82) is 0 Å². The molecular weight excluding hydrogens is 312 g/mol. The smallest absolute Gasteiger partial charge is 0.143 e. The first-order valence-corrected chi connectivity index (χ1v) is 7.12. The van der Waals surface area contributed by atoms with Crippen LogP contribution in [-0.4, -0.2) is 11.6 Å². The Labute approximate surface area is 119 Å². The molecule has 18 heavy (non-hydrogen) atoms. The predicted octanol–water partition coefficient (Wildman–Crippen LogP) is 3.98. The highest BCUT2D eigenvalue weighted by molar-refractivity contribution is 9.10. The molecule has 0 aliphatic heterocycles. The van der Waals surface area contributed by atoms with Gasteiger partial charge in [0.2, 0.25) is 0 Å². The van der Waals surface area contributed by atoms with E-state index >= 15 is 0 Å². The summed E-state index contributed by atoms with van der Waals surface area (Å²) in [5, 5.41) is 0.901. The van der Waals surface area contributed by atoms with Crippen LogP contribution in [0.5, 0.6) is 5.75 Å². The number of ether oxygens (including phenoxy) is 1. The van der Waals surface area contributed by atoms with Gasteiger partial charge in [-0.2, -0.15) is 0 Å². The van der Waals surface area contributed by atoms with Gasteiger partial charge in [0.15, 0.2) is 0 Å². The minimum Gasteiger partial charge on any atom is -0.492 e. The maximum absolute atomic E-state index is 6.06. The van der Waals surface area contributed by atoms with E-state index in [1.54, 1.807) is 6.20 Å². The highest BCUT2D eigenvalue weighted by Gasteiger charge is 2.07. The van der Waals surface area contributed by atoms with Gasteiger partial charge in [-0.25, -0.2) is 4.98 Å². The highest BCUT2D eigenvalue weighted by Crippen LogP contribution is 2.36. The first-order valence-electron chi connectivity index (χ1n) is 5.51. The number of nitrogens with zero attached hydrogens (tertiary/aromatic N) is 1. The minimum atomic E-state index is 0.606. The van der Waals surface area contributed by atoms with Gasteiger partial charge in [-0.1, -0.05) is 17.8 Å². The average Bonchev–Trinajstić information content (AvgIpc) is 2.37. The van der Waals surface area contributed by atoms with Gasteiger partial charge in [0.25, 0.3) is 0 Å². The fourth-order valence-electron chi connectivity index (χ4n) is 1.43. The topological polar surface area (TPSA) is 48.1 Å². The summed E-state index contributed by atoms with van der Waals surface area (Å²) >= 11 is 4.89. The van der Waals surface area contributed by atoms with Crippen molar-refractivity contribution in [3.05, 3.63) is 41.0 Å². The first-order chi connectivity index (χ1) is 8.70. The fourth-order valence-corrected chi connectivity index (χ4v) is 2.49. The lowest BCUT2D eigenvalue weighted by Crippen LogP contribution is -1.98. The Morgan fingerprint density at radius 1 is 1.33 bits per heavy atom. The van der Waals surface area contributed by atoms with Crippen LogP contribution in [0.15, 0.2) is 50.9 Å². The Balaban J connectivity index is 2.23. The molecule has 0 saturated heterocycles. The van der Waals surface area contributed by atoms with E-state index < -0.39 is 0 Å². The lowest BCUT2D eigenvalue weighted by molar-refractivity contribution is 0.341. The number of nitrogens with two attached hydrogens (primary N) is 1. The summed E-state index contributed by atoms with van der Waals surface area (Å²) in [7, 11) is 0. The van der Waals surface area contributed by atoms with Gasteiger partial charge in [0.05, 0.1) is 12.3 Å². The molecule has 5 heteroatoms. The highest BCUT2D eigenvalue weighted by atomic mass is 79.9. The Morgan fingerprint density at radius 3 is 2.83 bits per heavy atom. The largest absolute Gasteiger partial charge is 0.492 e. The second-order valence-corrected chi connectivity index (χ2v) is 5.50. The van der Waals surface area contributed by atoms with Crippen LogP contribution < -0.4 is 10.5 Å². The van der Waals surface area contributed by atoms with Crippen molar-refractivity contribution in [1.82, 2.24) is 4.98 Å². The van der Waals surface area contributed by atoms with Crippen LogP contribution in [0.3, 0.4) is 0 Å². The van der Waals surface area contributed by atoms with E-state index in [0.29, 0.717) is 12.3 Å². The molecule has 0 atom stereocenters. The molecule has 0 bridgehead atoms. The zero-order valence-corrected chi connectivity index (χ0v) is 12.3. The second kappa shape index (κ2) is 6.11. The Bertz CT molecular complexity index is 531. The molecule has 0 spiro atoms. The fraction of sp³-hybridized carbons (Fsp3) is 0.154. The van der Waals surface area contributed by atoms with E-state index in [1.165, 1.54) is 11.8 Å². The molecule has 3 nitrogen and oxygen atoms in total. The third kappa shape index (κ3) is 3.17. The van der Waals surface area contributed by atoms with Crippen molar-refractivity contribution in [2.24, 2.45) is 0 Å². The van der Waals surface area contributed by atoms with Crippen LogP contribution in [0.25, 0.3) is 0 Å². The SMILES string of the molecule is CCOc1cccc(Sc2ccc(Br)cn2)c1N. The maximum atomic E-state index is 6.06. The maximum Gasteiger partial charge on any atom is 0.143 e. The minimum absolute atomic E-state index is 0.606. The molecule has 0 aliphatic carbocycles. The summed E-state index contributed by atoms with van der Waals surface area (Å²) < 4.78 is 6.43. The molecule has 0 amide bonds. The van der Waals surface area contributed by atoms with Gasteiger partial charge >= 0.3 is 0 Å². The quantitative estimate of drug-likeness (QED) is 0.864. The first kappa shape index (κ1) is 13.2. The Kier molecular flexibility index (Phi) is 4.49. The van der Waals surface area contributed by atoms with E-state index in [-0.39, 0.29) is 0 Å². The zero-order chi connectivity index (χ0) is 13.0. The monoisotopic (exact) mass is 324 g/mol. The average molecular weight is 325 g/mol. The van der Waals surface area contributed by atoms with Crippen molar-refractivity contribution in [3.63, 3.8) is 0 Å². The van der Waals surface area contributed by atoms with Crippen LogP contribution in [0.1, 0.15) is 6.92 Å². The summed E-state index contributed by atoms with van der Waals surface area (Å²) in [6.45, 7) is 2.55. The molecule has 1 heterocycles. The standard InChI is InChI=1S/C13H13BrN2OS/c1-2-17-10-4-3-5-11(13(10)15)18-12-7-6-9(14)8-16-12/h3-8H,2,15H2,1H3. The Morgan fingerprint density at radius 2 is 2.17 bits per heavy atom. The van der Waals surface area contributed by atoms with Gasteiger partial charge in [0.1, 0.15) is 10.8 Å². The van der Waals surface area contributed by atoms with Crippen LogP contribution in [0, 0.1) is 0 Å². The Hall–Kier alpha value is -1.20. The van der Waals surface area contributed by atoms with Gasteiger partial charge in [-0.05, 0) is 47.1 Å². The number of anilines is 1. The van der Waals surface area contributed by atoms with E-state index in [4.69, 9.17) is 10.5 Å². The summed E-state index contributed by atoms with van der Waals surface area (Å²) in [4.78, 5) is 5.26. The number of hydrogen-bond donors (Lipinski definition) is 1. The van der Waals surface area contributed by atoms with Crippen LogP contribution >= 0.6 is 27.7 Å². The third-order valence-electron chi connectivity index (χ3n) is 2.24.